The molecule has 2 aromatic rings. The van der Waals surface area contributed by atoms with E-state index in [0.717, 1.165) is 82.1 Å². The van der Waals surface area contributed by atoms with Gasteiger partial charge in [0.2, 0.25) is 0 Å². The van der Waals surface area contributed by atoms with Crippen molar-refractivity contribution in [3.05, 3.63) is 48.3 Å². The van der Waals surface area contributed by atoms with Gasteiger partial charge in [-0.2, -0.15) is 0 Å². The fourth-order valence-corrected chi connectivity index (χ4v) is 4.01. The zero-order chi connectivity index (χ0) is 21.5. The number of pyridine rings is 2. The van der Waals surface area contributed by atoms with Gasteiger partial charge in [-0.15, -0.1) is 0 Å². The molecule has 0 saturated carbocycles. The molecule has 4 heterocycles. The first-order valence-electron chi connectivity index (χ1n) is 11.3. The quantitative estimate of drug-likeness (QED) is 0.579. The van der Waals surface area contributed by atoms with E-state index in [-0.39, 0.29) is 0 Å². The third-order valence-corrected chi connectivity index (χ3v) is 5.94. The van der Waals surface area contributed by atoms with Crippen molar-refractivity contribution in [1.29, 1.82) is 0 Å². The normalized spacial score (nSPS) is 18.4. The van der Waals surface area contributed by atoms with E-state index in [1.165, 1.54) is 0 Å². The van der Waals surface area contributed by atoms with E-state index < -0.39 is 0 Å². The zero-order valence-corrected chi connectivity index (χ0v) is 18.7. The van der Waals surface area contributed by atoms with Crippen LogP contribution in [0.4, 0.5) is 11.6 Å². The lowest BCUT2D eigenvalue weighted by Gasteiger charge is -2.37. The lowest BCUT2D eigenvalue weighted by molar-refractivity contribution is 0.312. The van der Waals surface area contributed by atoms with Crippen molar-refractivity contribution in [1.82, 2.24) is 25.1 Å². The molecule has 2 saturated heterocycles. The summed E-state index contributed by atoms with van der Waals surface area (Å²) < 4.78 is 0. The van der Waals surface area contributed by atoms with Gasteiger partial charge in [0.05, 0.1) is 6.54 Å². The molecule has 0 bridgehead atoms. The molecule has 0 radical (unpaired) electrons. The van der Waals surface area contributed by atoms with E-state index in [0.29, 0.717) is 6.54 Å². The van der Waals surface area contributed by atoms with E-state index in [9.17, 15) is 0 Å². The lowest BCUT2D eigenvalue weighted by atomic mass is 10.2. The smallest absolute Gasteiger partial charge is 0.194 e. The van der Waals surface area contributed by atoms with Crippen LogP contribution in [0.25, 0.3) is 0 Å². The molecule has 31 heavy (non-hydrogen) atoms. The Labute approximate surface area is 185 Å². The minimum absolute atomic E-state index is 0.638. The molecule has 8 nitrogen and oxygen atoms in total. The Morgan fingerprint density at radius 1 is 0.903 bits per heavy atom. The van der Waals surface area contributed by atoms with Crippen LogP contribution in [0.15, 0.2) is 47.7 Å². The summed E-state index contributed by atoms with van der Waals surface area (Å²) in [4.78, 5) is 23.5. The number of likely N-dealkylation sites (N-methyl/N-ethyl adjacent to an activating group) is 1. The van der Waals surface area contributed by atoms with Gasteiger partial charge < -0.3 is 24.9 Å². The monoisotopic (exact) mass is 422 g/mol. The van der Waals surface area contributed by atoms with E-state index in [2.05, 4.69) is 62.1 Å². The first-order valence-corrected chi connectivity index (χ1v) is 11.3. The van der Waals surface area contributed by atoms with Gasteiger partial charge in [-0.25, -0.2) is 15.0 Å². The molecule has 2 aromatic heterocycles. The Bertz CT molecular complexity index is 822. The standard InChI is InChI=1S/C23H34N8/c1-3-24-23(31-16-14-30(15-17-31)21-6-4-5-9-25-21)27-19-20-7-8-22(26-18-20)29-12-10-28(2)11-13-29/h4-9,18H,3,10-17,19H2,1-2H3,(H,24,27). The van der Waals surface area contributed by atoms with Crippen LogP contribution in [0.5, 0.6) is 0 Å². The molecule has 0 atom stereocenters. The molecule has 0 aliphatic carbocycles. The van der Waals surface area contributed by atoms with Gasteiger partial charge in [-0.3, -0.25) is 0 Å². The number of guanidine groups is 1. The molecule has 4 rings (SSSR count). The van der Waals surface area contributed by atoms with E-state index in [1.54, 1.807) is 0 Å². The van der Waals surface area contributed by atoms with Gasteiger partial charge in [0, 0.05) is 71.3 Å². The predicted octanol–water partition coefficient (Wildman–Crippen LogP) is 1.52. The second-order valence-electron chi connectivity index (χ2n) is 8.15. The van der Waals surface area contributed by atoms with Crippen LogP contribution < -0.4 is 15.1 Å². The number of aliphatic imine (C=N–C) groups is 1. The van der Waals surface area contributed by atoms with Crippen molar-refractivity contribution in [3.8, 4) is 0 Å². The lowest BCUT2D eigenvalue weighted by Crippen LogP contribution is -2.52. The average molecular weight is 423 g/mol. The highest BCUT2D eigenvalue weighted by atomic mass is 15.4. The summed E-state index contributed by atoms with van der Waals surface area (Å²) in [7, 11) is 2.17. The molecule has 8 heteroatoms. The van der Waals surface area contributed by atoms with Gasteiger partial charge in [-0.1, -0.05) is 12.1 Å². The fraction of sp³-hybridized carbons (Fsp3) is 0.522. The largest absolute Gasteiger partial charge is 0.357 e. The Morgan fingerprint density at radius 3 is 2.23 bits per heavy atom. The maximum absolute atomic E-state index is 4.89. The SMILES string of the molecule is CCNC(=NCc1ccc(N2CCN(C)CC2)nc1)N1CCN(c2ccccn2)CC1. The Morgan fingerprint density at radius 2 is 1.61 bits per heavy atom. The maximum Gasteiger partial charge on any atom is 0.194 e. The summed E-state index contributed by atoms with van der Waals surface area (Å²) in [5.41, 5.74) is 1.14. The molecule has 2 fully saturated rings. The highest BCUT2D eigenvalue weighted by Crippen LogP contribution is 2.15. The average Bonchev–Trinajstić information content (AvgIpc) is 2.83. The van der Waals surface area contributed by atoms with Crippen molar-refractivity contribution in [2.24, 2.45) is 4.99 Å². The molecular formula is C23H34N8. The summed E-state index contributed by atoms with van der Waals surface area (Å²) in [6.07, 6.45) is 3.83. The van der Waals surface area contributed by atoms with Crippen LogP contribution in [0.1, 0.15) is 12.5 Å². The number of rotatable bonds is 5. The molecular weight excluding hydrogens is 388 g/mol. The van der Waals surface area contributed by atoms with E-state index in [4.69, 9.17) is 9.98 Å². The molecule has 2 aliphatic rings. The molecule has 166 valence electrons. The summed E-state index contributed by atoms with van der Waals surface area (Å²) in [6, 6.07) is 10.4. The molecule has 2 aliphatic heterocycles. The Kier molecular flexibility index (Phi) is 7.19. The number of nitrogens with zero attached hydrogens (tertiary/aromatic N) is 7. The van der Waals surface area contributed by atoms with Crippen molar-refractivity contribution < 1.29 is 0 Å². The van der Waals surface area contributed by atoms with Crippen LogP contribution in [-0.2, 0) is 6.54 Å². The number of hydrogen-bond acceptors (Lipinski definition) is 6. The molecule has 0 unspecified atom stereocenters. The van der Waals surface area contributed by atoms with Gasteiger partial charge in [-0.05, 0) is 37.7 Å². The van der Waals surface area contributed by atoms with Crippen LogP contribution in [0.2, 0.25) is 0 Å². The number of hydrogen-bond donors (Lipinski definition) is 1. The predicted molar refractivity (Wildman–Crippen MR) is 127 cm³/mol. The van der Waals surface area contributed by atoms with Crippen LogP contribution in [-0.4, -0.2) is 91.7 Å². The Balaban J connectivity index is 1.33. The van der Waals surface area contributed by atoms with Crippen LogP contribution in [0.3, 0.4) is 0 Å². The van der Waals surface area contributed by atoms with Crippen LogP contribution in [0, 0.1) is 0 Å². The van der Waals surface area contributed by atoms with Gasteiger partial charge >= 0.3 is 0 Å². The van der Waals surface area contributed by atoms with E-state index >= 15 is 0 Å². The first-order chi connectivity index (χ1) is 15.2. The number of nitrogens with one attached hydrogen (secondary N) is 1. The molecule has 1 N–H and O–H groups in total. The third-order valence-electron chi connectivity index (χ3n) is 5.94. The van der Waals surface area contributed by atoms with Gasteiger partial charge in [0.25, 0.3) is 0 Å². The summed E-state index contributed by atoms with van der Waals surface area (Å²) in [6.45, 7) is 11.6. The molecule has 0 amide bonds. The second kappa shape index (κ2) is 10.4. The summed E-state index contributed by atoms with van der Waals surface area (Å²) >= 11 is 0. The van der Waals surface area contributed by atoms with Crippen LogP contribution >= 0.6 is 0 Å². The minimum Gasteiger partial charge on any atom is -0.357 e. The minimum atomic E-state index is 0.638. The molecule has 0 spiro atoms. The summed E-state index contributed by atoms with van der Waals surface area (Å²) in [5.74, 6) is 3.10. The zero-order valence-electron chi connectivity index (χ0n) is 18.7. The van der Waals surface area contributed by atoms with Gasteiger partial charge in [0.1, 0.15) is 11.6 Å². The second-order valence-corrected chi connectivity index (χ2v) is 8.15. The Hall–Kier alpha value is -2.87. The summed E-state index contributed by atoms with van der Waals surface area (Å²) in [5, 5.41) is 3.45. The number of aromatic nitrogens is 2. The topological polar surface area (TPSA) is 63.1 Å². The number of piperazine rings is 2. The van der Waals surface area contributed by atoms with Gasteiger partial charge in [0.15, 0.2) is 5.96 Å². The maximum atomic E-state index is 4.89. The van der Waals surface area contributed by atoms with Crippen molar-refractivity contribution >= 4 is 17.6 Å². The first kappa shape index (κ1) is 21.4. The highest BCUT2D eigenvalue weighted by molar-refractivity contribution is 5.80. The third kappa shape index (κ3) is 5.64. The number of anilines is 2. The van der Waals surface area contributed by atoms with Crippen molar-refractivity contribution in [2.75, 3.05) is 75.8 Å². The van der Waals surface area contributed by atoms with E-state index in [1.807, 2.05) is 24.5 Å². The fourth-order valence-electron chi connectivity index (χ4n) is 4.01. The molecule has 0 aromatic carbocycles. The highest BCUT2D eigenvalue weighted by Gasteiger charge is 2.20. The van der Waals surface area contributed by atoms with Crippen molar-refractivity contribution in [2.45, 2.75) is 13.5 Å². The van der Waals surface area contributed by atoms with Crippen molar-refractivity contribution in [3.63, 3.8) is 0 Å².